The molecule has 126 valence electrons. The third-order valence-corrected chi connectivity index (χ3v) is 6.79. The highest BCUT2D eigenvalue weighted by atomic mass is 32.2. The number of sulfone groups is 1. The van der Waals surface area contributed by atoms with Crippen molar-refractivity contribution < 1.29 is 13.2 Å². The van der Waals surface area contributed by atoms with Crippen molar-refractivity contribution >= 4 is 15.7 Å². The van der Waals surface area contributed by atoms with E-state index in [0.717, 1.165) is 58.4 Å². The SMILES string of the molecule is C[C@@H]1C[C@@H]1C(=O)N1CCN(CC2(CS(C)(=O)=O)CCC2)CC1. The molecular formula is C16H28N2O3S. The molecule has 1 saturated heterocycles. The predicted octanol–water partition coefficient (Wildman–Crippen LogP) is 1.00. The molecule has 2 aliphatic carbocycles. The fraction of sp³-hybridized carbons (Fsp3) is 0.938. The first kappa shape index (κ1) is 16.2. The summed E-state index contributed by atoms with van der Waals surface area (Å²) in [6.45, 7) is 6.40. The van der Waals surface area contributed by atoms with Gasteiger partial charge >= 0.3 is 0 Å². The summed E-state index contributed by atoms with van der Waals surface area (Å²) in [5.74, 6) is 1.49. The van der Waals surface area contributed by atoms with E-state index in [9.17, 15) is 13.2 Å². The van der Waals surface area contributed by atoms with Gasteiger partial charge in [0.2, 0.25) is 5.91 Å². The molecule has 0 bridgehead atoms. The van der Waals surface area contributed by atoms with Crippen molar-refractivity contribution in [2.75, 3.05) is 44.7 Å². The molecular weight excluding hydrogens is 300 g/mol. The summed E-state index contributed by atoms with van der Waals surface area (Å²) < 4.78 is 23.3. The summed E-state index contributed by atoms with van der Waals surface area (Å²) in [4.78, 5) is 16.6. The van der Waals surface area contributed by atoms with E-state index in [1.807, 2.05) is 4.90 Å². The van der Waals surface area contributed by atoms with Crippen LogP contribution in [0.1, 0.15) is 32.6 Å². The second-order valence-electron chi connectivity index (χ2n) is 7.84. The molecule has 2 atom stereocenters. The quantitative estimate of drug-likeness (QED) is 0.755. The van der Waals surface area contributed by atoms with E-state index < -0.39 is 9.84 Å². The van der Waals surface area contributed by atoms with Gasteiger partial charge in [0.25, 0.3) is 0 Å². The van der Waals surface area contributed by atoms with E-state index in [1.165, 1.54) is 6.26 Å². The van der Waals surface area contributed by atoms with E-state index in [0.29, 0.717) is 17.6 Å². The Balaban J connectivity index is 1.50. The van der Waals surface area contributed by atoms with E-state index >= 15 is 0 Å². The van der Waals surface area contributed by atoms with Gasteiger partial charge in [-0.05, 0) is 30.6 Å². The van der Waals surface area contributed by atoms with Gasteiger partial charge in [0.15, 0.2) is 0 Å². The van der Waals surface area contributed by atoms with Crippen molar-refractivity contribution in [2.45, 2.75) is 32.6 Å². The van der Waals surface area contributed by atoms with Gasteiger partial charge in [-0.15, -0.1) is 0 Å². The van der Waals surface area contributed by atoms with E-state index in [2.05, 4.69) is 11.8 Å². The average Bonchev–Trinajstić information content (AvgIpc) is 3.12. The van der Waals surface area contributed by atoms with Crippen molar-refractivity contribution in [3.05, 3.63) is 0 Å². The van der Waals surface area contributed by atoms with Gasteiger partial charge in [0, 0.05) is 44.9 Å². The van der Waals surface area contributed by atoms with Crippen LogP contribution in [-0.2, 0) is 14.6 Å². The first-order valence-electron chi connectivity index (χ1n) is 8.47. The number of hydrogen-bond acceptors (Lipinski definition) is 4. The number of carbonyl (C=O) groups excluding carboxylic acids is 1. The van der Waals surface area contributed by atoms with Gasteiger partial charge in [-0.2, -0.15) is 0 Å². The van der Waals surface area contributed by atoms with Crippen LogP contribution in [0, 0.1) is 17.3 Å². The lowest BCUT2D eigenvalue weighted by Crippen LogP contribution is -2.54. The molecule has 3 rings (SSSR count). The molecule has 0 aromatic carbocycles. The van der Waals surface area contributed by atoms with Gasteiger partial charge in [-0.3, -0.25) is 9.69 Å². The van der Waals surface area contributed by atoms with Crippen LogP contribution in [-0.4, -0.2) is 68.9 Å². The molecule has 3 fully saturated rings. The number of piperazine rings is 1. The third-order valence-electron chi connectivity index (χ3n) is 5.65. The molecule has 0 aromatic rings. The van der Waals surface area contributed by atoms with Gasteiger partial charge < -0.3 is 4.90 Å². The molecule has 0 N–H and O–H groups in total. The normalized spacial score (nSPS) is 31.6. The second kappa shape index (κ2) is 5.78. The standard InChI is InChI=1S/C16H28N2O3S/c1-13-10-14(13)15(19)18-8-6-17(7-9-18)11-16(4-3-5-16)12-22(2,20)21/h13-14H,3-12H2,1-2H3/t13-,14+/m1/s1. The Morgan fingerprint density at radius 1 is 1.18 bits per heavy atom. The lowest BCUT2D eigenvalue weighted by Gasteiger charge is -2.46. The molecule has 1 amide bonds. The van der Waals surface area contributed by atoms with Crippen LogP contribution in [0.5, 0.6) is 0 Å². The predicted molar refractivity (Wildman–Crippen MR) is 86.3 cm³/mol. The number of hydrogen-bond donors (Lipinski definition) is 0. The maximum atomic E-state index is 12.2. The first-order chi connectivity index (χ1) is 10.3. The average molecular weight is 328 g/mol. The maximum absolute atomic E-state index is 12.2. The highest BCUT2D eigenvalue weighted by Crippen LogP contribution is 2.43. The Labute approximate surface area is 134 Å². The highest BCUT2D eigenvalue weighted by molar-refractivity contribution is 7.90. The zero-order valence-corrected chi connectivity index (χ0v) is 14.6. The Hall–Kier alpha value is -0.620. The summed E-state index contributed by atoms with van der Waals surface area (Å²) in [6.07, 6.45) is 5.60. The number of carbonyl (C=O) groups is 1. The minimum absolute atomic E-state index is 0.0230. The minimum Gasteiger partial charge on any atom is -0.340 e. The zero-order valence-electron chi connectivity index (χ0n) is 13.8. The molecule has 0 radical (unpaired) electrons. The van der Waals surface area contributed by atoms with Crippen LogP contribution in [0.15, 0.2) is 0 Å². The van der Waals surface area contributed by atoms with Crippen molar-refractivity contribution in [2.24, 2.45) is 17.3 Å². The van der Waals surface area contributed by atoms with Crippen molar-refractivity contribution in [1.82, 2.24) is 9.80 Å². The van der Waals surface area contributed by atoms with Crippen LogP contribution in [0.3, 0.4) is 0 Å². The van der Waals surface area contributed by atoms with Gasteiger partial charge in [-0.25, -0.2) is 8.42 Å². The van der Waals surface area contributed by atoms with Gasteiger partial charge in [0.05, 0.1) is 5.75 Å². The number of nitrogens with zero attached hydrogens (tertiary/aromatic N) is 2. The summed E-state index contributed by atoms with van der Waals surface area (Å²) in [7, 11) is -2.92. The minimum atomic E-state index is -2.92. The van der Waals surface area contributed by atoms with Crippen LogP contribution < -0.4 is 0 Å². The number of amides is 1. The molecule has 0 unspecified atom stereocenters. The Kier molecular flexibility index (Phi) is 4.27. The van der Waals surface area contributed by atoms with E-state index in [-0.39, 0.29) is 11.3 Å². The Bertz CT molecular complexity index is 534. The topological polar surface area (TPSA) is 57.7 Å². The highest BCUT2D eigenvalue weighted by Gasteiger charge is 2.44. The van der Waals surface area contributed by atoms with E-state index in [1.54, 1.807) is 0 Å². The summed E-state index contributed by atoms with van der Waals surface area (Å²) in [6, 6.07) is 0. The number of rotatable bonds is 5. The van der Waals surface area contributed by atoms with Gasteiger partial charge in [-0.1, -0.05) is 13.3 Å². The molecule has 2 saturated carbocycles. The largest absolute Gasteiger partial charge is 0.340 e. The molecule has 0 aromatic heterocycles. The van der Waals surface area contributed by atoms with Crippen LogP contribution in [0.4, 0.5) is 0 Å². The zero-order chi connectivity index (χ0) is 16.0. The fourth-order valence-corrected chi connectivity index (χ4v) is 5.57. The van der Waals surface area contributed by atoms with Crippen LogP contribution in [0.2, 0.25) is 0 Å². The Morgan fingerprint density at radius 2 is 1.77 bits per heavy atom. The van der Waals surface area contributed by atoms with Crippen molar-refractivity contribution in [3.8, 4) is 0 Å². The summed E-state index contributed by atoms with van der Waals surface area (Å²) in [5.41, 5.74) is -0.0230. The molecule has 6 heteroatoms. The second-order valence-corrected chi connectivity index (χ2v) is 9.98. The van der Waals surface area contributed by atoms with Gasteiger partial charge in [0.1, 0.15) is 9.84 Å². The summed E-state index contributed by atoms with van der Waals surface area (Å²) in [5, 5.41) is 0. The maximum Gasteiger partial charge on any atom is 0.226 e. The van der Waals surface area contributed by atoms with Crippen LogP contribution in [0.25, 0.3) is 0 Å². The third kappa shape index (κ3) is 3.65. The smallest absolute Gasteiger partial charge is 0.226 e. The molecule has 1 aliphatic heterocycles. The summed E-state index contributed by atoms with van der Waals surface area (Å²) >= 11 is 0. The first-order valence-corrected chi connectivity index (χ1v) is 10.5. The molecule has 0 spiro atoms. The molecule has 5 nitrogen and oxygen atoms in total. The fourth-order valence-electron chi connectivity index (χ4n) is 4.08. The van der Waals surface area contributed by atoms with Crippen LogP contribution >= 0.6 is 0 Å². The molecule has 22 heavy (non-hydrogen) atoms. The Morgan fingerprint density at radius 3 is 2.18 bits per heavy atom. The van der Waals surface area contributed by atoms with E-state index in [4.69, 9.17) is 0 Å². The molecule has 3 aliphatic rings. The monoisotopic (exact) mass is 328 g/mol. The molecule has 1 heterocycles. The van der Waals surface area contributed by atoms with Crippen molar-refractivity contribution in [3.63, 3.8) is 0 Å². The lowest BCUT2D eigenvalue weighted by atomic mass is 9.70. The lowest BCUT2D eigenvalue weighted by molar-refractivity contribution is -0.134. The van der Waals surface area contributed by atoms with Crippen molar-refractivity contribution in [1.29, 1.82) is 0 Å².